The molecule has 1 N–H and O–H groups in total. The summed E-state index contributed by atoms with van der Waals surface area (Å²) in [4.78, 5) is 30.6. The lowest BCUT2D eigenvalue weighted by atomic mass is 9.90. The molecule has 1 aliphatic heterocycles. The van der Waals surface area contributed by atoms with Crippen molar-refractivity contribution in [1.29, 1.82) is 0 Å². The van der Waals surface area contributed by atoms with E-state index in [0.717, 1.165) is 30.7 Å². The number of halogens is 3. The number of pyridine rings is 1. The van der Waals surface area contributed by atoms with Gasteiger partial charge in [-0.3, -0.25) is 19.3 Å². The molecule has 3 aromatic rings. The molecule has 1 spiro atoms. The number of nitrogens with zero attached hydrogens (tertiary/aromatic N) is 4. The van der Waals surface area contributed by atoms with Gasteiger partial charge >= 0.3 is 6.18 Å². The average molecular weight is 461 g/mol. The van der Waals surface area contributed by atoms with Crippen LogP contribution in [-0.4, -0.2) is 51.1 Å². The molecule has 1 saturated heterocycles. The van der Waals surface area contributed by atoms with Crippen molar-refractivity contribution in [2.75, 3.05) is 19.6 Å². The Morgan fingerprint density at radius 1 is 1.27 bits per heavy atom. The van der Waals surface area contributed by atoms with Crippen molar-refractivity contribution >= 4 is 22.8 Å². The van der Waals surface area contributed by atoms with E-state index in [1.54, 1.807) is 29.4 Å². The van der Waals surface area contributed by atoms with Crippen LogP contribution in [0.3, 0.4) is 0 Å². The molecule has 11 heteroatoms. The van der Waals surface area contributed by atoms with Crippen molar-refractivity contribution in [2.24, 2.45) is 18.4 Å². The Labute approximate surface area is 186 Å². The minimum Gasteiger partial charge on any atom is -0.449 e. The number of aromatic nitrogens is 3. The number of furan rings is 1. The largest absolute Gasteiger partial charge is 0.449 e. The zero-order valence-electron chi connectivity index (χ0n) is 17.9. The van der Waals surface area contributed by atoms with Crippen LogP contribution < -0.4 is 5.32 Å². The van der Waals surface area contributed by atoms with Crippen molar-refractivity contribution < 1.29 is 27.2 Å². The number of fused-ring (bicyclic) bond motifs is 1. The Morgan fingerprint density at radius 2 is 2.03 bits per heavy atom. The zero-order chi connectivity index (χ0) is 23.4. The topological polar surface area (TPSA) is 93.3 Å². The summed E-state index contributed by atoms with van der Waals surface area (Å²) in [6.45, 7) is 1.42. The summed E-state index contributed by atoms with van der Waals surface area (Å²) in [5, 5.41) is 7.49. The summed E-state index contributed by atoms with van der Waals surface area (Å²) < 4.78 is 45.2. The number of hydrogen-bond acceptors (Lipinski definition) is 5. The third kappa shape index (κ3) is 3.96. The smallest absolute Gasteiger partial charge is 0.433 e. The monoisotopic (exact) mass is 461 g/mol. The molecule has 0 aromatic carbocycles. The van der Waals surface area contributed by atoms with E-state index in [1.165, 1.54) is 7.05 Å². The molecule has 1 unspecified atom stereocenters. The molecule has 0 radical (unpaired) electrons. The number of piperidine rings is 1. The summed E-state index contributed by atoms with van der Waals surface area (Å²) in [6.07, 6.45) is 1.07. The highest BCUT2D eigenvalue weighted by atomic mass is 19.4. The van der Waals surface area contributed by atoms with Crippen molar-refractivity contribution in [1.82, 2.24) is 25.0 Å². The minimum absolute atomic E-state index is 0.0586. The first-order valence-corrected chi connectivity index (χ1v) is 10.7. The van der Waals surface area contributed by atoms with E-state index in [9.17, 15) is 22.8 Å². The second-order valence-corrected chi connectivity index (χ2v) is 8.83. The van der Waals surface area contributed by atoms with Crippen LogP contribution in [0.25, 0.3) is 11.0 Å². The summed E-state index contributed by atoms with van der Waals surface area (Å²) >= 11 is 0. The fraction of sp³-hybridized carbons (Fsp3) is 0.455. The first kappa shape index (κ1) is 21.5. The van der Waals surface area contributed by atoms with Crippen molar-refractivity contribution in [3.63, 3.8) is 0 Å². The van der Waals surface area contributed by atoms with Crippen molar-refractivity contribution in [3.8, 4) is 0 Å². The number of likely N-dealkylation sites (tertiary alicyclic amines) is 1. The van der Waals surface area contributed by atoms with Crippen LogP contribution in [0, 0.1) is 11.3 Å². The van der Waals surface area contributed by atoms with E-state index in [1.807, 2.05) is 0 Å². The van der Waals surface area contributed by atoms with Gasteiger partial charge in [0.05, 0.1) is 6.20 Å². The molecular formula is C22H22F3N5O3. The maximum atomic E-state index is 13.0. The van der Waals surface area contributed by atoms with Gasteiger partial charge in [0.15, 0.2) is 17.0 Å². The highest BCUT2D eigenvalue weighted by Crippen LogP contribution is 2.59. The zero-order valence-corrected chi connectivity index (χ0v) is 17.9. The maximum absolute atomic E-state index is 13.0. The van der Waals surface area contributed by atoms with E-state index in [0.29, 0.717) is 35.8 Å². The molecule has 33 heavy (non-hydrogen) atoms. The number of carbonyl (C=O) groups excluding carboxylic acids is 2. The van der Waals surface area contributed by atoms with Crippen LogP contribution in [0.5, 0.6) is 0 Å². The molecule has 1 aliphatic carbocycles. The molecule has 1 atom stereocenters. The van der Waals surface area contributed by atoms with Gasteiger partial charge in [0.25, 0.3) is 11.8 Å². The third-order valence-corrected chi connectivity index (χ3v) is 6.85. The van der Waals surface area contributed by atoms with Crippen LogP contribution in [0.4, 0.5) is 13.2 Å². The first-order chi connectivity index (χ1) is 15.7. The minimum atomic E-state index is -4.56. The summed E-state index contributed by atoms with van der Waals surface area (Å²) in [5.74, 6) is -0.226. The molecule has 2 amide bonds. The van der Waals surface area contributed by atoms with Gasteiger partial charge in [0, 0.05) is 44.3 Å². The van der Waals surface area contributed by atoms with Crippen LogP contribution in [0.15, 0.2) is 35.0 Å². The fourth-order valence-electron chi connectivity index (χ4n) is 4.79. The number of nitrogens with one attached hydrogen (secondary N) is 1. The highest BCUT2D eigenvalue weighted by Gasteiger charge is 2.55. The molecule has 174 valence electrons. The van der Waals surface area contributed by atoms with E-state index in [2.05, 4.69) is 15.4 Å². The second-order valence-electron chi connectivity index (χ2n) is 8.83. The Morgan fingerprint density at radius 3 is 2.70 bits per heavy atom. The third-order valence-electron chi connectivity index (χ3n) is 6.85. The second kappa shape index (κ2) is 7.60. The lowest BCUT2D eigenvalue weighted by Crippen LogP contribution is -2.40. The number of aryl methyl sites for hydroxylation is 1. The summed E-state index contributed by atoms with van der Waals surface area (Å²) in [6, 6.07) is 4.26. The van der Waals surface area contributed by atoms with Crippen molar-refractivity contribution in [3.05, 3.63) is 47.7 Å². The molecular weight excluding hydrogens is 439 g/mol. The van der Waals surface area contributed by atoms with Gasteiger partial charge in [-0.15, -0.1) is 0 Å². The highest BCUT2D eigenvalue weighted by molar-refractivity contribution is 5.96. The Hall–Kier alpha value is -3.37. The first-order valence-electron chi connectivity index (χ1n) is 10.7. The number of amides is 2. The molecule has 2 fully saturated rings. The van der Waals surface area contributed by atoms with E-state index >= 15 is 0 Å². The molecule has 0 bridgehead atoms. The molecule has 1 saturated carbocycles. The standard InChI is InChI=1S/C22H22F3N5O3/c1-29-18(22(23,24)25)9-15(28-29)20(32)30-6-3-21(4-7-30)10-14(21)11-27-19(31)16-8-13-2-5-26-12-17(13)33-16/h2,5,8-9,12,14H,3-4,6-7,10-11H2,1H3,(H,27,31). The van der Waals surface area contributed by atoms with Crippen LogP contribution in [-0.2, 0) is 13.2 Å². The Kier molecular flexibility index (Phi) is 4.95. The van der Waals surface area contributed by atoms with Gasteiger partial charge in [-0.05, 0) is 42.7 Å². The quantitative estimate of drug-likeness (QED) is 0.644. The van der Waals surface area contributed by atoms with Gasteiger partial charge in [-0.2, -0.15) is 18.3 Å². The van der Waals surface area contributed by atoms with Crippen molar-refractivity contribution in [2.45, 2.75) is 25.4 Å². The van der Waals surface area contributed by atoms with Crippen LogP contribution in [0.2, 0.25) is 0 Å². The number of alkyl halides is 3. The average Bonchev–Trinajstić information content (AvgIpc) is 3.12. The van der Waals surface area contributed by atoms with Gasteiger partial charge in [0.2, 0.25) is 0 Å². The van der Waals surface area contributed by atoms with Gasteiger partial charge in [-0.25, -0.2) is 0 Å². The predicted octanol–water partition coefficient (Wildman–Crippen LogP) is 3.25. The van der Waals surface area contributed by atoms with Gasteiger partial charge in [0.1, 0.15) is 5.69 Å². The Balaban J connectivity index is 1.14. The fourth-order valence-corrected chi connectivity index (χ4v) is 4.79. The van der Waals surface area contributed by atoms with E-state index < -0.39 is 17.8 Å². The lowest BCUT2D eigenvalue weighted by Gasteiger charge is -2.32. The van der Waals surface area contributed by atoms with Crippen LogP contribution in [0.1, 0.15) is 46.0 Å². The molecule has 2 aliphatic rings. The van der Waals surface area contributed by atoms with Crippen LogP contribution >= 0.6 is 0 Å². The lowest BCUT2D eigenvalue weighted by molar-refractivity contribution is -0.143. The van der Waals surface area contributed by atoms with Gasteiger partial charge < -0.3 is 14.6 Å². The Bertz CT molecular complexity index is 1190. The molecule has 5 rings (SSSR count). The van der Waals surface area contributed by atoms with E-state index in [-0.39, 0.29) is 22.8 Å². The number of rotatable bonds is 4. The predicted molar refractivity (Wildman–Crippen MR) is 110 cm³/mol. The van der Waals surface area contributed by atoms with E-state index in [4.69, 9.17) is 4.42 Å². The SMILES string of the molecule is Cn1nc(C(=O)N2CCC3(CC2)CC3CNC(=O)c2cc3ccncc3o2)cc1C(F)(F)F. The number of hydrogen-bond donors (Lipinski definition) is 1. The van der Waals surface area contributed by atoms with Gasteiger partial charge in [-0.1, -0.05) is 0 Å². The maximum Gasteiger partial charge on any atom is 0.433 e. The number of carbonyl (C=O) groups is 2. The summed E-state index contributed by atoms with van der Waals surface area (Å²) in [5.41, 5.74) is -0.527. The molecule has 4 heterocycles. The normalized spacial score (nSPS) is 19.8. The molecule has 8 nitrogen and oxygen atoms in total. The molecule has 3 aromatic heterocycles. The summed E-state index contributed by atoms with van der Waals surface area (Å²) in [7, 11) is 1.18.